The number of fused-ring (bicyclic) bond motifs is 1. The van der Waals surface area contributed by atoms with Crippen molar-refractivity contribution in [2.75, 3.05) is 20.4 Å². The lowest BCUT2D eigenvalue weighted by molar-refractivity contribution is -0.133. The predicted molar refractivity (Wildman–Crippen MR) is 81.3 cm³/mol. The van der Waals surface area contributed by atoms with Crippen LogP contribution in [0.2, 0.25) is 0 Å². The van der Waals surface area contributed by atoms with Crippen molar-refractivity contribution in [3.8, 4) is 17.2 Å². The molecule has 0 bridgehead atoms. The average molecular weight is 342 g/mol. The maximum atomic E-state index is 12.7. The Hall–Kier alpha value is -2.09. The van der Waals surface area contributed by atoms with Crippen LogP contribution in [0.5, 0.6) is 17.2 Å². The van der Waals surface area contributed by atoms with Gasteiger partial charge in [0.05, 0.1) is 6.04 Å². The van der Waals surface area contributed by atoms with Crippen LogP contribution in [-0.4, -0.2) is 43.8 Å². The molecule has 0 aliphatic carbocycles. The molecule has 2 aliphatic heterocycles. The molecule has 0 aromatic heterocycles. The molecular weight excluding hydrogens is 322 g/mol. The number of nitrogens with zero attached hydrogens (tertiary/aromatic N) is 1. The standard InChI is InChI=1S/C16H20F2N2O4/c1-20(15(21)11-4-2-3-5-19-11)8-10-6-13-14(23-9-22-13)7-12(10)24-16(17)18/h6-7,11,16,19H,2-5,8-9H2,1H3. The number of nitrogens with one attached hydrogen (secondary N) is 1. The summed E-state index contributed by atoms with van der Waals surface area (Å²) >= 11 is 0. The SMILES string of the molecule is CN(Cc1cc2c(cc1OC(F)F)OCO2)C(=O)C1CCCCN1. The van der Waals surface area contributed by atoms with Gasteiger partial charge in [0, 0.05) is 25.2 Å². The molecular formula is C16H20F2N2O4. The normalized spacial score (nSPS) is 19.4. The highest BCUT2D eigenvalue weighted by atomic mass is 19.3. The molecule has 1 aromatic carbocycles. The van der Waals surface area contributed by atoms with E-state index in [1.807, 2.05) is 0 Å². The minimum atomic E-state index is -2.95. The summed E-state index contributed by atoms with van der Waals surface area (Å²) in [6, 6.07) is 2.73. The molecule has 1 atom stereocenters. The minimum Gasteiger partial charge on any atom is -0.454 e. The highest BCUT2D eigenvalue weighted by Crippen LogP contribution is 2.39. The van der Waals surface area contributed by atoms with Crippen LogP contribution in [0, 0.1) is 0 Å². The molecule has 0 radical (unpaired) electrons. The van der Waals surface area contributed by atoms with Gasteiger partial charge in [-0.25, -0.2) is 0 Å². The van der Waals surface area contributed by atoms with Gasteiger partial charge in [-0.1, -0.05) is 6.42 Å². The number of likely N-dealkylation sites (N-methyl/N-ethyl adjacent to an activating group) is 1. The Kier molecular flexibility index (Phi) is 5.03. The third kappa shape index (κ3) is 3.69. The molecule has 3 rings (SSSR count). The molecule has 1 amide bonds. The van der Waals surface area contributed by atoms with E-state index in [4.69, 9.17) is 9.47 Å². The molecule has 0 spiro atoms. The van der Waals surface area contributed by atoms with Gasteiger partial charge in [0.1, 0.15) is 5.75 Å². The Labute approximate surface area is 138 Å². The molecule has 0 saturated carbocycles. The van der Waals surface area contributed by atoms with E-state index in [0.29, 0.717) is 17.1 Å². The predicted octanol–water partition coefficient (Wildman–Crippen LogP) is 2.12. The van der Waals surface area contributed by atoms with Gasteiger partial charge in [0.2, 0.25) is 12.7 Å². The fourth-order valence-electron chi connectivity index (χ4n) is 2.96. The van der Waals surface area contributed by atoms with E-state index < -0.39 is 6.61 Å². The minimum absolute atomic E-state index is 0.00879. The van der Waals surface area contributed by atoms with E-state index in [-0.39, 0.29) is 31.0 Å². The van der Waals surface area contributed by atoms with Crippen molar-refractivity contribution in [2.24, 2.45) is 0 Å². The summed E-state index contributed by atoms with van der Waals surface area (Å²) in [4.78, 5) is 14.0. The second-order valence-corrected chi connectivity index (χ2v) is 5.89. The highest BCUT2D eigenvalue weighted by Gasteiger charge is 2.26. The largest absolute Gasteiger partial charge is 0.454 e. The number of benzene rings is 1. The van der Waals surface area contributed by atoms with Crippen LogP contribution in [0.1, 0.15) is 24.8 Å². The smallest absolute Gasteiger partial charge is 0.387 e. The number of carbonyl (C=O) groups is 1. The van der Waals surface area contributed by atoms with Crippen molar-refractivity contribution in [3.05, 3.63) is 17.7 Å². The first-order valence-corrected chi connectivity index (χ1v) is 7.90. The molecule has 24 heavy (non-hydrogen) atoms. The Morgan fingerprint density at radius 1 is 1.38 bits per heavy atom. The molecule has 1 unspecified atom stereocenters. The van der Waals surface area contributed by atoms with Crippen LogP contribution in [0.25, 0.3) is 0 Å². The molecule has 132 valence electrons. The zero-order valence-corrected chi connectivity index (χ0v) is 13.4. The Morgan fingerprint density at radius 3 is 2.79 bits per heavy atom. The van der Waals surface area contributed by atoms with Crippen molar-refractivity contribution in [3.63, 3.8) is 0 Å². The van der Waals surface area contributed by atoms with Crippen molar-refractivity contribution in [1.82, 2.24) is 10.2 Å². The molecule has 1 fully saturated rings. The lowest BCUT2D eigenvalue weighted by Crippen LogP contribution is -2.47. The third-order valence-corrected chi connectivity index (χ3v) is 4.16. The van der Waals surface area contributed by atoms with Gasteiger partial charge in [-0.05, 0) is 25.5 Å². The van der Waals surface area contributed by atoms with Gasteiger partial charge in [0.25, 0.3) is 0 Å². The van der Waals surface area contributed by atoms with E-state index >= 15 is 0 Å². The zero-order valence-electron chi connectivity index (χ0n) is 13.4. The monoisotopic (exact) mass is 342 g/mol. The van der Waals surface area contributed by atoms with Crippen molar-refractivity contribution < 1.29 is 27.8 Å². The average Bonchev–Trinajstić information content (AvgIpc) is 3.01. The van der Waals surface area contributed by atoms with E-state index in [0.717, 1.165) is 25.8 Å². The lowest BCUT2D eigenvalue weighted by Gasteiger charge is -2.28. The summed E-state index contributed by atoms with van der Waals surface area (Å²) in [5.74, 6) is 0.751. The maximum absolute atomic E-state index is 12.7. The topological polar surface area (TPSA) is 60.0 Å². The number of carbonyl (C=O) groups excluding carboxylic acids is 1. The number of amides is 1. The number of rotatable bonds is 5. The van der Waals surface area contributed by atoms with Crippen LogP contribution in [0.4, 0.5) is 8.78 Å². The van der Waals surface area contributed by atoms with Crippen molar-refractivity contribution in [2.45, 2.75) is 38.5 Å². The lowest BCUT2D eigenvalue weighted by atomic mass is 10.0. The summed E-state index contributed by atoms with van der Waals surface area (Å²) in [5, 5.41) is 3.19. The fourth-order valence-corrected chi connectivity index (χ4v) is 2.96. The summed E-state index contributed by atoms with van der Waals surface area (Å²) in [7, 11) is 1.65. The molecule has 1 saturated heterocycles. The summed E-state index contributed by atoms with van der Waals surface area (Å²) in [6.45, 7) is -1.96. The van der Waals surface area contributed by atoms with E-state index in [1.54, 1.807) is 13.1 Å². The quantitative estimate of drug-likeness (QED) is 0.888. The van der Waals surface area contributed by atoms with Crippen molar-refractivity contribution in [1.29, 1.82) is 0 Å². The number of ether oxygens (including phenoxy) is 3. The van der Waals surface area contributed by atoms with E-state index in [9.17, 15) is 13.6 Å². The van der Waals surface area contributed by atoms with Crippen LogP contribution in [-0.2, 0) is 11.3 Å². The third-order valence-electron chi connectivity index (χ3n) is 4.16. The van der Waals surface area contributed by atoms with E-state index in [1.165, 1.54) is 11.0 Å². The van der Waals surface area contributed by atoms with Gasteiger partial charge in [-0.3, -0.25) is 4.79 Å². The molecule has 6 nitrogen and oxygen atoms in total. The first-order valence-electron chi connectivity index (χ1n) is 7.90. The number of piperidine rings is 1. The summed E-state index contributed by atoms with van der Waals surface area (Å²) in [6.07, 6.45) is 2.84. The van der Waals surface area contributed by atoms with E-state index in [2.05, 4.69) is 10.1 Å². The highest BCUT2D eigenvalue weighted by molar-refractivity contribution is 5.81. The second kappa shape index (κ2) is 7.21. The van der Waals surface area contributed by atoms with Crippen LogP contribution < -0.4 is 19.5 Å². The van der Waals surface area contributed by atoms with Crippen LogP contribution in [0.15, 0.2) is 12.1 Å². The molecule has 1 aromatic rings. The Morgan fingerprint density at radius 2 is 2.12 bits per heavy atom. The first-order chi connectivity index (χ1) is 11.5. The molecule has 8 heteroatoms. The number of hydrogen-bond acceptors (Lipinski definition) is 5. The number of hydrogen-bond donors (Lipinski definition) is 1. The number of halogens is 2. The first kappa shape index (κ1) is 16.8. The summed E-state index contributed by atoms with van der Waals surface area (Å²) in [5.41, 5.74) is 0.450. The van der Waals surface area contributed by atoms with Crippen LogP contribution >= 0.6 is 0 Å². The van der Waals surface area contributed by atoms with Crippen LogP contribution in [0.3, 0.4) is 0 Å². The number of alkyl halides is 2. The molecule has 2 aliphatic rings. The molecule has 1 N–H and O–H groups in total. The van der Waals surface area contributed by atoms with Gasteiger partial charge < -0.3 is 24.4 Å². The van der Waals surface area contributed by atoms with Gasteiger partial charge in [-0.15, -0.1) is 0 Å². The van der Waals surface area contributed by atoms with Gasteiger partial charge >= 0.3 is 6.61 Å². The second-order valence-electron chi connectivity index (χ2n) is 5.89. The summed E-state index contributed by atoms with van der Waals surface area (Å²) < 4.78 is 40.3. The Balaban J connectivity index is 1.76. The fraction of sp³-hybridized carbons (Fsp3) is 0.562. The Bertz CT molecular complexity index is 606. The van der Waals surface area contributed by atoms with Crippen molar-refractivity contribution >= 4 is 5.91 Å². The zero-order chi connectivity index (χ0) is 17.1. The molecule has 2 heterocycles. The van der Waals surface area contributed by atoms with Gasteiger partial charge in [0.15, 0.2) is 11.5 Å². The maximum Gasteiger partial charge on any atom is 0.387 e. The van der Waals surface area contributed by atoms with Gasteiger partial charge in [-0.2, -0.15) is 8.78 Å².